The molecule has 2 N–H and O–H groups in total. The van der Waals surface area contributed by atoms with E-state index in [1.165, 1.54) is 76.2 Å². The minimum absolute atomic E-state index is 0.0551. The number of unbranched alkanes of at least 4 members (excludes halogenated alkanes) is 10. The molecule has 138 valence electrons. The summed E-state index contributed by atoms with van der Waals surface area (Å²) in [5, 5.41) is 20.1. The standard InChI is InChI=1S/C22H38O2/c1-3-5-7-9-11-13-15-19-17-20(22(24)21(23)18-19)16-14-12-10-8-6-4-2/h17-18,23-24H,3-16H2,1-2H3. The van der Waals surface area contributed by atoms with Crippen LogP contribution in [0.1, 0.15) is 102 Å². The van der Waals surface area contributed by atoms with E-state index in [9.17, 15) is 10.2 Å². The molecule has 1 aromatic rings. The van der Waals surface area contributed by atoms with Crippen LogP contribution >= 0.6 is 0 Å². The molecule has 0 spiro atoms. The van der Waals surface area contributed by atoms with Crippen LogP contribution in [0.15, 0.2) is 12.1 Å². The van der Waals surface area contributed by atoms with E-state index in [0.29, 0.717) is 0 Å². The summed E-state index contributed by atoms with van der Waals surface area (Å²) >= 11 is 0. The number of hydrogen-bond acceptors (Lipinski definition) is 2. The summed E-state index contributed by atoms with van der Waals surface area (Å²) in [6.45, 7) is 4.47. The fourth-order valence-electron chi connectivity index (χ4n) is 3.28. The topological polar surface area (TPSA) is 40.5 Å². The maximum Gasteiger partial charge on any atom is 0.160 e. The summed E-state index contributed by atoms with van der Waals surface area (Å²) in [6.07, 6.45) is 17.1. The van der Waals surface area contributed by atoms with Crippen molar-refractivity contribution < 1.29 is 10.2 Å². The summed E-state index contributed by atoms with van der Waals surface area (Å²) < 4.78 is 0. The van der Waals surface area contributed by atoms with Crippen LogP contribution in [0.2, 0.25) is 0 Å². The summed E-state index contributed by atoms with van der Waals surface area (Å²) in [6, 6.07) is 3.85. The fourth-order valence-corrected chi connectivity index (χ4v) is 3.28. The zero-order chi connectivity index (χ0) is 17.6. The molecule has 0 aliphatic rings. The van der Waals surface area contributed by atoms with Gasteiger partial charge in [-0.15, -0.1) is 0 Å². The Morgan fingerprint density at radius 3 is 1.71 bits per heavy atom. The lowest BCUT2D eigenvalue weighted by Crippen LogP contribution is -1.93. The molecule has 2 heteroatoms. The van der Waals surface area contributed by atoms with Crippen molar-refractivity contribution in [2.45, 2.75) is 104 Å². The van der Waals surface area contributed by atoms with Crippen LogP contribution in [0, 0.1) is 0 Å². The maximum atomic E-state index is 10.1. The highest BCUT2D eigenvalue weighted by Crippen LogP contribution is 2.32. The zero-order valence-electron chi connectivity index (χ0n) is 15.9. The molecule has 0 aromatic heterocycles. The Bertz CT molecular complexity index is 440. The first-order valence-corrected chi connectivity index (χ1v) is 10.2. The lowest BCUT2D eigenvalue weighted by atomic mass is 9.98. The highest BCUT2D eigenvalue weighted by atomic mass is 16.3. The van der Waals surface area contributed by atoms with Gasteiger partial charge in [0.15, 0.2) is 11.5 Å². The molecule has 0 aliphatic carbocycles. The van der Waals surface area contributed by atoms with Gasteiger partial charge in [-0.05, 0) is 42.9 Å². The fraction of sp³-hybridized carbons (Fsp3) is 0.727. The summed E-state index contributed by atoms with van der Waals surface area (Å²) in [7, 11) is 0. The van der Waals surface area contributed by atoms with Crippen molar-refractivity contribution in [1.82, 2.24) is 0 Å². The minimum Gasteiger partial charge on any atom is -0.504 e. The first-order chi connectivity index (χ1) is 11.7. The Balaban J connectivity index is 2.38. The van der Waals surface area contributed by atoms with E-state index < -0.39 is 0 Å². The summed E-state index contributed by atoms with van der Waals surface area (Å²) in [4.78, 5) is 0. The predicted octanol–water partition coefficient (Wildman–Crippen LogP) is 6.90. The molecule has 0 aliphatic heterocycles. The minimum atomic E-state index is 0.0551. The Hall–Kier alpha value is -1.18. The second-order valence-corrected chi connectivity index (χ2v) is 7.16. The SMILES string of the molecule is CCCCCCCCc1cc(O)c(O)c(CCCCCCCC)c1. The van der Waals surface area contributed by atoms with Gasteiger partial charge in [-0.2, -0.15) is 0 Å². The third-order valence-electron chi connectivity index (χ3n) is 4.85. The molecule has 0 saturated carbocycles. The van der Waals surface area contributed by atoms with Gasteiger partial charge in [-0.1, -0.05) is 84.1 Å². The Morgan fingerprint density at radius 1 is 0.625 bits per heavy atom. The number of aromatic hydroxyl groups is 2. The monoisotopic (exact) mass is 334 g/mol. The molecule has 2 nitrogen and oxygen atoms in total. The van der Waals surface area contributed by atoms with Crippen molar-refractivity contribution >= 4 is 0 Å². The molecule has 1 aromatic carbocycles. The average molecular weight is 335 g/mol. The quantitative estimate of drug-likeness (QED) is 0.287. The van der Waals surface area contributed by atoms with E-state index in [0.717, 1.165) is 24.8 Å². The largest absolute Gasteiger partial charge is 0.504 e. The zero-order valence-corrected chi connectivity index (χ0v) is 15.9. The van der Waals surface area contributed by atoms with Gasteiger partial charge in [0, 0.05) is 0 Å². The van der Waals surface area contributed by atoms with E-state index in [1.807, 2.05) is 0 Å². The number of aryl methyl sites for hydroxylation is 2. The van der Waals surface area contributed by atoms with Gasteiger partial charge < -0.3 is 10.2 Å². The number of phenolic OH excluding ortho intramolecular Hbond substituents is 2. The van der Waals surface area contributed by atoms with Gasteiger partial charge in [0.25, 0.3) is 0 Å². The Kier molecular flexibility index (Phi) is 11.4. The molecule has 0 saturated heterocycles. The van der Waals surface area contributed by atoms with Gasteiger partial charge in [0.05, 0.1) is 0 Å². The molecule has 0 heterocycles. The molecule has 0 radical (unpaired) electrons. The first kappa shape index (κ1) is 20.9. The van der Waals surface area contributed by atoms with Crippen molar-refractivity contribution in [2.75, 3.05) is 0 Å². The molecule has 0 bridgehead atoms. The maximum absolute atomic E-state index is 10.1. The normalized spacial score (nSPS) is 11.1. The van der Waals surface area contributed by atoms with E-state index in [4.69, 9.17) is 0 Å². The second kappa shape index (κ2) is 13.1. The van der Waals surface area contributed by atoms with Crippen LogP contribution in [-0.4, -0.2) is 10.2 Å². The molecule has 0 unspecified atom stereocenters. The van der Waals surface area contributed by atoms with Gasteiger partial charge in [0.1, 0.15) is 0 Å². The average Bonchev–Trinajstić information content (AvgIpc) is 2.58. The number of rotatable bonds is 14. The van der Waals surface area contributed by atoms with Crippen molar-refractivity contribution in [3.05, 3.63) is 23.3 Å². The predicted molar refractivity (Wildman–Crippen MR) is 104 cm³/mol. The molecule has 24 heavy (non-hydrogen) atoms. The van der Waals surface area contributed by atoms with E-state index >= 15 is 0 Å². The van der Waals surface area contributed by atoms with Crippen molar-refractivity contribution in [1.29, 1.82) is 0 Å². The van der Waals surface area contributed by atoms with Crippen molar-refractivity contribution in [2.24, 2.45) is 0 Å². The van der Waals surface area contributed by atoms with E-state index in [2.05, 4.69) is 19.9 Å². The number of phenols is 2. The van der Waals surface area contributed by atoms with Crippen LogP contribution in [0.5, 0.6) is 11.5 Å². The Labute approximate surface area is 149 Å². The van der Waals surface area contributed by atoms with Crippen LogP contribution in [-0.2, 0) is 12.8 Å². The molecule has 0 fully saturated rings. The van der Waals surface area contributed by atoms with Gasteiger partial charge in [-0.25, -0.2) is 0 Å². The van der Waals surface area contributed by atoms with E-state index in [1.54, 1.807) is 6.07 Å². The molecule has 0 atom stereocenters. The van der Waals surface area contributed by atoms with E-state index in [-0.39, 0.29) is 11.5 Å². The molecule has 0 amide bonds. The van der Waals surface area contributed by atoms with Crippen LogP contribution in [0.3, 0.4) is 0 Å². The van der Waals surface area contributed by atoms with Gasteiger partial charge in [-0.3, -0.25) is 0 Å². The molecular formula is C22H38O2. The Morgan fingerprint density at radius 2 is 1.12 bits per heavy atom. The van der Waals surface area contributed by atoms with Crippen molar-refractivity contribution in [3.8, 4) is 11.5 Å². The smallest absolute Gasteiger partial charge is 0.160 e. The van der Waals surface area contributed by atoms with Crippen LogP contribution in [0.25, 0.3) is 0 Å². The van der Waals surface area contributed by atoms with Gasteiger partial charge in [0.2, 0.25) is 0 Å². The summed E-state index contributed by atoms with van der Waals surface area (Å²) in [5.74, 6) is 0.148. The third kappa shape index (κ3) is 8.61. The van der Waals surface area contributed by atoms with Crippen molar-refractivity contribution in [3.63, 3.8) is 0 Å². The number of hydrogen-bond donors (Lipinski definition) is 2. The first-order valence-electron chi connectivity index (χ1n) is 10.2. The molecular weight excluding hydrogens is 296 g/mol. The second-order valence-electron chi connectivity index (χ2n) is 7.16. The lowest BCUT2D eigenvalue weighted by molar-refractivity contribution is 0.397. The lowest BCUT2D eigenvalue weighted by Gasteiger charge is -2.10. The summed E-state index contributed by atoms with van der Waals surface area (Å²) in [5.41, 5.74) is 2.09. The van der Waals surface area contributed by atoms with Gasteiger partial charge >= 0.3 is 0 Å². The highest BCUT2D eigenvalue weighted by Gasteiger charge is 2.09. The number of benzene rings is 1. The molecule has 1 rings (SSSR count). The van der Waals surface area contributed by atoms with Crippen LogP contribution < -0.4 is 0 Å². The highest BCUT2D eigenvalue weighted by molar-refractivity contribution is 5.47. The third-order valence-corrected chi connectivity index (χ3v) is 4.85. The van der Waals surface area contributed by atoms with Crippen LogP contribution in [0.4, 0.5) is 0 Å².